The van der Waals surface area contributed by atoms with E-state index in [1.165, 1.54) is 5.56 Å². The maximum absolute atomic E-state index is 12.3. The fourth-order valence-electron chi connectivity index (χ4n) is 3.51. The molecular weight excluding hydrogens is 364 g/mol. The number of carbonyl (C=O) groups excluding carboxylic acids is 2. The number of aryl methyl sites for hydroxylation is 1. The number of rotatable bonds is 6. The second-order valence-electron chi connectivity index (χ2n) is 7.64. The molecule has 154 valence electrons. The third kappa shape index (κ3) is 6.14. The number of piperazine rings is 1. The molecule has 0 unspecified atom stereocenters. The molecule has 2 amide bonds. The number of hydrogen-bond acceptors (Lipinski definition) is 4. The van der Waals surface area contributed by atoms with Gasteiger partial charge in [0.1, 0.15) is 0 Å². The van der Waals surface area contributed by atoms with Gasteiger partial charge in [-0.15, -0.1) is 0 Å². The Balaban J connectivity index is 1.59. The highest BCUT2D eigenvalue weighted by Crippen LogP contribution is 2.22. The van der Waals surface area contributed by atoms with E-state index in [-0.39, 0.29) is 6.04 Å². The lowest BCUT2D eigenvalue weighted by atomic mass is 10.0. The van der Waals surface area contributed by atoms with Crippen LogP contribution >= 0.6 is 0 Å². The molecule has 1 saturated heterocycles. The number of carbonyl (C=O) groups is 2. The summed E-state index contributed by atoms with van der Waals surface area (Å²) in [7, 11) is 2.12. The van der Waals surface area contributed by atoms with Crippen molar-refractivity contribution in [2.24, 2.45) is 0 Å². The molecule has 6 heteroatoms. The van der Waals surface area contributed by atoms with E-state index in [2.05, 4.69) is 58.7 Å². The molecule has 2 aromatic rings. The lowest BCUT2D eigenvalue weighted by molar-refractivity contribution is -0.139. The normalized spacial score (nSPS) is 16.2. The van der Waals surface area contributed by atoms with Crippen LogP contribution < -0.4 is 10.6 Å². The predicted octanol–water partition coefficient (Wildman–Crippen LogP) is 1.72. The van der Waals surface area contributed by atoms with E-state index in [0.29, 0.717) is 13.1 Å². The Hall–Kier alpha value is -2.70. The molecule has 0 spiro atoms. The highest BCUT2D eigenvalue weighted by atomic mass is 16.2. The van der Waals surface area contributed by atoms with E-state index in [0.717, 1.165) is 37.3 Å². The van der Waals surface area contributed by atoms with Gasteiger partial charge in [-0.3, -0.25) is 14.5 Å². The number of nitrogens with one attached hydrogen (secondary N) is 2. The number of hydrogen-bond donors (Lipinski definition) is 2. The summed E-state index contributed by atoms with van der Waals surface area (Å²) >= 11 is 0. The van der Waals surface area contributed by atoms with Gasteiger partial charge in [-0.25, -0.2) is 0 Å². The summed E-state index contributed by atoms with van der Waals surface area (Å²) < 4.78 is 0. The van der Waals surface area contributed by atoms with E-state index in [1.807, 2.05) is 30.3 Å². The Kier molecular flexibility index (Phi) is 7.38. The van der Waals surface area contributed by atoms with Crippen molar-refractivity contribution in [1.82, 2.24) is 20.4 Å². The summed E-state index contributed by atoms with van der Waals surface area (Å²) in [4.78, 5) is 29.2. The highest BCUT2D eigenvalue weighted by Gasteiger charge is 2.25. The second-order valence-corrected chi connectivity index (χ2v) is 7.64. The van der Waals surface area contributed by atoms with Gasteiger partial charge in [0.05, 0.1) is 6.04 Å². The van der Waals surface area contributed by atoms with Crippen molar-refractivity contribution in [3.8, 4) is 0 Å². The zero-order chi connectivity index (χ0) is 20.6. The van der Waals surface area contributed by atoms with Crippen molar-refractivity contribution in [3.63, 3.8) is 0 Å². The standard InChI is InChI=1S/C23H30N4O2/c1-18-8-10-20(11-9-18)21(27-14-12-26(2)13-15-27)17-25-23(29)22(28)24-16-19-6-4-3-5-7-19/h3-11,21H,12-17H2,1-2H3,(H,24,28)(H,25,29)/t21-/m0/s1. The van der Waals surface area contributed by atoms with Crippen LogP contribution in [0.4, 0.5) is 0 Å². The van der Waals surface area contributed by atoms with Crippen LogP contribution in [0.5, 0.6) is 0 Å². The molecule has 2 aromatic carbocycles. The van der Waals surface area contributed by atoms with Gasteiger partial charge in [0, 0.05) is 39.3 Å². The number of benzene rings is 2. The summed E-state index contributed by atoms with van der Waals surface area (Å²) in [5, 5.41) is 5.52. The predicted molar refractivity (Wildman–Crippen MR) is 114 cm³/mol. The molecular formula is C23H30N4O2. The Morgan fingerprint density at radius 2 is 1.52 bits per heavy atom. The van der Waals surface area contributed by atoms with E-state index in [9.17, 15) is 9.59 Å². The summed E-state index contributed by atoms with van der Waals surface area (Å²) in [6, 6.07) is 18.0. The molecule has 0 aliphatic carbocycles. The minimum Gasteiger partial charge on any atom is -0.346 e. The molecule has 0 bridgehead atoms. The molecule has 0 radical (unpaired) electrons. The van der Waals surface area contributed by atoms with Crippen molar-refractivity contribution in [1.29, 1.82) is 0 Å². The minimum absolute atomic E-state index is 0.0511. The Labute approximate surface area is 172 Å². The fourth-order valence-corrected chi connectivity index (χ4v) is 3.51. The molecule has 29 heavy (non-hydrogen) atoms. The van der Waals surface area contributed by atoms with Crippen molar-refractivity contribution < 1.29 is 9.59 Å². The zero-order valence-corrected chi connectivity index (χ0v) is 17.2. The van der Waals surface area contributed by atoms with Crippen LogP contribution in [-0.4, -0.2) is 61.4 Å². The number of nitrogens with zero attached hydrogens (tertiary/aromatic N) is 2. The van der Waals surface area contributed by atoms with Crippen molar-refractivity contribution >= 4 is 11.8 Å². The molecule has 0 aromatic heterocycles. The summed E-state index contributed by atoms with van der Waals surface area (Å²) in [6.45, 7) is 6.67. The third-order valence-corrected chi connectivity index (χ3v) is 5.40. The molecule has 1 aliphatic rings. The lowest BCUT2D eigenvalue weighted by Gasteiger charge is -2.38. The van der Waals surface area contributed by atoms with Gasteiger partial charge in [0.2, 0.25) is 0 Å². The van der Waals surface area contributed by atoms with Crippen LogP contribution in [0.25, 0.3) is 0 Å². The van der Waals surface area contributed by atoms with Gasteiger partial charge < -0.3 is 15.5 Å². The summed E-state index contributed by atoms with van der Waals surface area (Å²) in [5.41, 5.74) is 3.32. The molecule has 1 atom stereocenters. The Morgan fingerprint density at radius 3 is 2.17 bits per heavy atom. The van der Waals surface area contributed by atoms with Gasteiger partial charge in [0.15, 0.2) is 0 Å². The molecule has 6 nitrogen and oxygen atoms in total. The number of likely N-dealkylation sites (N-methyl/N-ethyl adjacent to an activating group) is 1. The van der Waals surface area contributed by atoms with Crippen LogP contribution in [0.3, 0.4) is 0 Å². The molecule has 2 N–H and O–H groups in total. The smallest absolute Gasteiger partial charge is 0.309 e. The Bertz CT molecular complexity index is 799. The first-order valence-corrected chi connectivity index (χ1v) is 10.1. The SMILES string of the molecule is Cc1ccc([C@H](CNC(=O)C(=O)NCc2ccccc2)N2CCN(C)CC2)cc1. The lowest BCUT2D eigenvalue weighted by Crippen LogP contribution is -2.49. The van der Waals surface area contributed by atoms with Crippen LogP contribution in [0.2, 0.25) is 0 Å². The van der Waals surface area contributed by atoms with Crippen molar-refractivity contribution in [2.45, 2.75) is 19.5 Å². The van der Waals surface area contributed by atoms with E-state index in [4.69, 9.17) is 0 Å². The van der Waals surface area contributed by atoms with Gasteiger partial charge in [-0.05, 0) is 25.1 Å². The topological polar surface area (TPSA) is 64.7 Å². The molecule has 1 heterocycles. The monoisotopic (exact) mass is 394 g/mol. The maximum atomic E-state index is 12.3. The molecule has 1 fully saturated rings. The van der Waals surface area contributed by atoms with E-state index in [1.54, 1.807) is 0 Å². The van der Waals surface area contributed by atoms with Gasteiger partial charge in [0.25, 0.3) is 0 Å². The maximum Gasteiger partial charge on any atom is 0.309 e. The largest absolute Gasteiger partial charge is 0.346 e. The summed E-state index contributed by atoms with van der Waals surface area (Å²) in [5.74, 6) is -1.19. The average molecular weight is 395 g/mol. The molecule has 1 aliphatic heterocycles. The second kappa shape index (κ2) is 10.2. The van der Waals surface area contributed by atoms with E-state index >= 15 is 0 Å². The van der Waals surface area contributed by atoms with Gasteiger partial charge in [-0.1, -0.05) is 60.2 Å². The highest BCUT2D eigenvalue weighted by molar-refractivity contribution is 6.35. The Morgan fingerprint density at radius 1 is 0.897 bits per heavy atom. The third-order valence-electron chi connectivity index (χ3n) is 5.40. The fraction of sp³-hybridized carbons (Fsp3) is 0.391. The van der Waals surface area contributed by atoms with Crippen molar-refractivity contribution in [3.05, 3.63) is 71.3 Å². The number of amides is 2. The first kappa shape index (κ1) is 21.0. The quantitative estimate of drug-likeness (QED) is 0.733. The van der Waals surface area contributed by atoms with Crippen LogP contribution in [0, 0.1) is 6.92 Å². The zero-order valence-electron chi connectivity index (χ0n) is 17.2. The first-order valence-electron chi connectivity index (χ1n) is 10.1. The van der Waals surface area contributed by atoms with Crippen LogP contribution in [0.1, 0.15) is 22.7 Å². The van der Waals surface area contributed by atoms with Gasteiger partial charge in [-0.2, -0.15) is 0 Å². The minimum atomic E-state index is -0.602. The molecule has 3 rings (SSSR count). The van der Waals surface area contributed by atoms with Gasteiger partial charge >= 0.3 is 11.8 Å². The van der Waals surface area contributed by atoms with Crippen LogP contribution in [0.15, 0.2) is 54.6 Å². The summed E-state index contributed by atoms with van der Waals surface area (Å²) in [6.07, 6.45) is 0. The van der Waals surface area contributed by atoms with Crippen molar-refractivity contribution in [2.75, 3.05) is 39.8 Å². The molecule has 0 saturated carbocycles. The van der Waals surface area contributed by atoms with Crippen LogP contribution in [-0.2, 0) is 16.1 Å². The van der Waals surface area contributed by atoms with E-state index < -0.39 is 11.8 Å². The average Bonchev–Trinajstić information content (AvgIpc) is 2.75. The first-order chi connectivity index (χ1) is 14.0.